The summed E-state index contributed by atoms with van der Waals surface area (Å²) in [6.07, 6.45) is 3.79. The number of fused-ring (bicyclic) bond motifs is 4. The van der Waals surface area contributed by atoms with E-state index >= 15 is 0 Å². The maximum atomic E-state index is 12.6. The van der Waals surface area contributed by atoms with E-state index in [2.05, 4.69) is 26.2 Å². The van der Waals surface area contributed by atoms with Gasteiger partial charge in [0, 0.05) is 33.6 Å². The first-order valence-electron chi connectivity index (χ1n) is 8.79. The molecule has 2 aromatic carbocycles. The van der Waals surface area contributed by atoms with Crippen molar-refractivity contribution in [2.24, 2.45) is 0 Å². The van der Waals surface area contributed by atoms with Crippen LogP contribution in [0.1, 0.15) is 32.0 Å². The summed E-state index contributed by atoms with van der Waals surface area (Å²) >= 11 is 3.43. The molecule has 0 unspecified atom stereocenters. The van der Waals surface area contributed by atoms with E-state index in [9.17, 15) is 9.59 Å². The van der Waals surface area contributed by atoms with E-state index in [1.807, 2.05) is 59.3 Å². The van der Waals surface area contributed by atoms with Gasteiger partial charge < -0.3 is 9.72 Å². The zero-order chi connectivity index (χ0) is 19.3. The predicted molar refractivity (Wildman–Crippen MR) is 109 cm³/mol. The van der Waals surface area contributed by atoms with Crippen molar-refractivity contribution in [1.29, 1.82) is 0 Å². The number of halogens is 1. The lowest BCUT2D eigenvalue weighted by molar-refractivity contribution is 0.0950. The maximum Gasteiger partial charge on any atom is 0.251 e. The number of carbonyl (C=O) groups excluding carboxylic acids is 2. The number of pyridine rings is 1. The average molecular weight is 432 g/mol. The van der Waals surface area contributed by atoms with Gasteiger partial charge in [0.2, 0.25) is 0 Å². The second-order valence-corrected chi connectivity index (χ2v) is 7.58. The van der Waals surface area contributed by atoms with Gasteiger partial charge >= 0.3 is 0 Å². The molecular weight excluding hydrogens is 418 g/mol. The first-order valence-corrected chi connectivity index (χ1v) is 9.59. The third-order valence-electron chi connectivity index (χ3n) is 4.88. The minimum Gasteiger partial charge on any atom is -0.346 e. The largest absolute Gasteiger partial charge is 0.346 e. The van der Waals surface area contributed by atoms with Crippen molar-refractivity contribution in [3.05, 3.63) is 93.8 Å². The van der Waals surface area contributed by atoms with E-state index in [-0.39, 0.29) is 11.7 Å². The van der Waals surface area contributed by atoms with E-state index in [1.165, 1.54) is 0 Å². The number of ketones is 1. The molecule has 0 spiro atoms. The van der Waals surface area contributed by atoms with Crippen molar-refractivity contribution in [3.63, 3.8) is 0 Å². The third kappa shape index (κ3) is 2.73. The van der Waals surface area contributed by atoms with E-state index in [1.54, 1.807) is 12.1 Å². The summed E-state index contributed by atoms with van der Waals surface area (Å²) in [5, 5.41) is 2.88. The van der Waals surface area contributed by atoms with Crippen LogP contribution in [0.2, 0.25) is 0 Å². The number of rotatable bonds is 3. The monoisotopic (exact) mass is 431 g/mol. The molecule has 1 aliphatic carbocycles. The molecule has 0 atom stereocenters. The number of imidazole rings is 1. The standard InChI is InChI=1S/C22H14BrN3O2/c23-14-6-8-20-25-15(12-26(20)11-14)10-24-22(28)13-5-7-17-16-3-1-2-4-18(16)21(27)19(17)9-13/h1-9,11-12H,10H2,(H,24,28). The van der Waals surface area contributed by atoms with Crippen LogP contribution in [0.25, 0.3) is 16.8 Å². The van der Waals surface area contributed by atoms with Crippen LogP contribution in [-0.2, 0) is 6.54 Å². The molecule has 0 fully saturated rings. The molecule has 1 N–H and O–H groups in total. The number of nitrogens with zero attached hydrogens (tertiary/aromatic N) is 2. The highest BCUT2D eigenvalue weighted by molar-refractivity contribution is 9.10. The van der Waals surface area contributed by atoms with Crippen molar-refractivity contribution in [3.8, 4) is 11.1 Å². The molecule has 0 radical (unpaired) electrons. The maximum absolute atomic E-state index is 12.6. The molecule has 5 rings (SSSR count). The Bertz CT molecular complexity index is 1280. The first kappa shape index (κ1) is 16.9. The highest BCUT2D eigenvalue weighted by Gasteiger charge is 2.27. The van der Waals surface area contributed by atoms with Crippen molar-refractivity contribution < 1.29 is 9.59 Å². The Balaban J connectivity index is 1.37. The molecule has 0 bridgehead atoms. The van der Waals surface area contributed by atoms with Crippen molar-refractivity contribution in [2.45, 2.75) is 6.54 Å². The molecule has 0 aliphatic heterocycles. The van der Waals surface area contributed by atoms with Crippen LogP contribution in [-0.4, -0.2) is 21.1 Å². The van der Waals surface area contributed by atoms with Crippen molar-refractivity contribution in [2.75, 3.05) is 0 Å². The van der Waals surface area contributed by atoms with Crippen molar-refractivity contribution in [1.82, 2.24) is 14.7 Å². The highest BCUT2D eigenvalue weighted by atomic mass is 79.9. The van der Waals surface area contributed by atoms with Crippen molar-refractivity contribution >= 4 is 33.3 Å². The fourth-order valence-electron chi connectivity index (χ4n) is 3.54. The van der Waals surface area contributed by atoms with Crippen LogP contribution in [0.15, 0.2) is 71.5 Å². The van der Waals surface area contributed by atoms with Crippen LogP contribution in [0, 0.1) is 0 Å². The zero-order valence-electron chi connectivity index (χ0n) is 14.6. The molecule has 0 saturated heterocycles. The Morgan fingerprint density at radius 2 is 1.75 bits per heavy atom. The van der Waals surface area contributed by atoms with Gasteiger partial charge in [-0.25, -0.2) is 4.98 Å². The summed E-state index contributed by atoms with van der Waals surface area (Å²) in [5.41, 5.74) is 5.10. The van der Waals surface area contributed by atoms with Gasteiger partial charge in [0.15, 0.2) is 5.78 Å². The van der Waals surface area contributed by atoms with Gasteiger partial charge in [0.25, 0.3) is 5.91 Å². The van der Waals surface area contributed by atoms with Crippen LogP contribution >= 0.6 is 15.9 Å². The summed E-state index contributed by atoms with van der Waals surface area (Å²) in [6.45, 7) is 0.309. The molecule has 28 heavy (non-hydrogen) atoms. The minimum absolute atomic E-state index is 0.0359. The summed E-state index contributed by atoms with van der Waals surface area (Å²) in [5.74, 6) is -0.268. The fourth-order valence-corrected chi connectivity index (χ4v) is 3.90. The Hall–Kier alpha value is -3.25. The Morgan fingerprint density at radius 3 is 2.61 bits per heavy atom. The lowest BCUT2D eigenvalue weighted by atomic mass is 10.0. The van der Waals surface area contributed by atoms with Gasteiger partial charge in [-0.05, 0) is 51.3 Å². The number of amides is 1. The fraction of sp³-hybridized carbons (Fsp3) is 0.0455. The van der Waals surface area contributed by atoms with E-state index in [0.717, 1.165) is 26.9 Å². The van der Waals surface area contributed by atoms with E-state index in [4.69, 9.17) is 0 Å². The molecule has 4 aromatic rings. The lowest BCUT2D eigenvalue weighted by Gasteiger charge is -2.05. The Labute approximate surface area is 169 Å². The van der Waals surface area contributed by atoms with E-state index < -0.39 is 0 Å². The molecule has 1 aliphatic rings. The molecule has 2 aromatic heterocycles. The SMILES string of the molecule is O=C(NCc1cn2cc(Br)ccc2n1)c1ccc2c(c1)C(=O)c1ccccc1-2. The first-order chi connectivity index (χ1) is 13.6. The number of hydrogen-bond acceptors (Lipinski definition) is 3. The third-order valence-corrected chi connectivity index (χ3v) is 5.35. The molecule has 2 heterocycles. The highest BCUT2D eigenvalue weighted by Crippen LogP contribution is 2.36. The van der Waals surface area contributed by atoms with Gasteiger partial charge in [0.1, 0.15) is 5.65 Å². The van der Waals surface area contributed by atoms with Gasteiger partial charge in [-0.3, -0.25) is 9.59 Å². The summed E-state index contributed by atoms with van der Waals surface area (Å²) in [4.78, 5) is 29.7. The second kappa shape index (κ2) is 6.42. The summed E-state index contributed by atoms with van der Waals surface area (Å²) in [6, 6.07) is 16.6. The molecule has 6 heteroatoms. The number of hydrogen-bond donors (Lipinski definition) is 1. The predicted octanol–water partition coefficient (Wildman–Crippen LogP) is 4.24. The van der Waals surface area contributed by atoms with Crippen LogP contribution in [0.5, 0.6) is 0 Å². The zero-order valence-corrected chi connectivity index (χ0v) is 16.2. The van der Waals surface area contributed by atoms with Gasteiger partial charge in [-0.2, -0.15) is 0 Å². The normalized spacial score (nSPS) is 12.1. The molecule has 136 valence electrons. The molecule has 1 amide bonds. The Kier molecular flexibility index (Phi) is 3.87. The molecular formula is C22H14BrN3O2. The van der Waals surface area contributed by atoms with Gasteiger partial charge in [0.05, 0.1) is 12.2 Å². The van der Waals surface area contributed by atoms with Gasteiger partial charge in [-0.15, -0.1) is 0 Å². The molecule has 0 saturated carbocycles. The van der Waals surface area contributed by atoms with Crippen LogP contribution < -0.4 is 5.32 Å². The van der Waals surface area contributed by atoms with Gasteiger partial charge in [-0.1, -0.05) is 30.3 Å². The average Bonchev–Trinajstić information content (AvgIpc) is 3.24. The van der Waals surface area contributed by atoms with Crippen LogP contribution in [0.3, 0.4) is 0 Å². The smallest absolute Gasteiger partial charge is 0.251 e. The Morgan fingerprint density at radius 1 is 0.964 bits per heavy atom. The quantitative estimate of drug-likeness (QED) is 0.464. The second-order valence-electron chi connectivity index (χ2n) is 6.66. The number of benzene rings is 2. The molecule has 5 nitrogen and oxygen atoms in total. The summed E-state index contributed by atoms with van der Waals surface area (Å²) < 4.78 is 2.86. The lowest BCUT2D eigenvalue weighted by Crippen LogP contribution is -2.23. The summed E-state index contributed by atoms with van der Waals surface area (Å²) in [7, 11) is 0. The topological polar surface area (TPSA) is 63.5 Å². The number of aromatic nitrogens is 2. The van der Waals surface area contributed by atoms with Crippen LogP contribution in [0.4, 0.5) is 0 Å². The number of carbonyl (C=O) groups is 2. The van der Waals surface area contributed by atoms with E-state index in [0.29, 0.717) is 23.2 Å². The number of nitrogens with one attached hydrogen (secondary N) is 1. The minimum atomic E-state index is -0.232.